The summed E-state index contributed by atoms with van der Waals surface area (Å²) in [7, 11) is -5.05. The molecule has 1 fully saturated rings. The lowest BCUT2D eigenvalue weighted by Crippen LogP contribution is -2.64. The number of carbonyl (C=O) groups excluding carboxylic acids is 1. The largest absolute Gasteiger partial charge is 0.472 e. The summed E-state index contributed by atoms with van der Waals surface area (Å²) in [5.41, 5.74) is 0. The Morgan fingerprint density at radius 3 is 1.06 bits per heavy atom. The number of amides is 1. The third-order valence-electron chi connectivity index (χ3n) is 13.7. The van der Waals surface area contributed by atoms with Crippen molar-refractivity contribution < 1.29 is 53.9 Å². The molecule has 6 unspecified atom stereocenters. The second-order valence-corrected chi connectivity index (χ2v) is 21.2. The van der Waals surface area contributed by atoms with E-state index in [0.717, 1.165) is 38.5 Å². The molecule has 0 bridgehead atoms. The van der Waals surface area contributed by atoms with Crippen LogP contribution in [0.4, 0.5) is 0 Å². The average molecular weight is 950 g/mol. The van der Waals surface area contributed by atoms with Crippen molar-refractivity contribution >= 4 is 13.7 Å². The number of phosphoric ester groups is 1. The molecule has 8 N–H and O–H groups in total. The van der Waals surface area contributed by atoms with Crippen molar-refractivity contribution in [1.29, 1.82) is 0 Å². The summed E-state index contributed by atoms with van der Waals surface area (Å²) in [5.74, 6) is -0.301. The molecule has 1 aliphatic rings. The lowest BCUT2D eigenvalue weighted by molar-refractivity contribution is -0.220. The first kappa shape index (κ1) is 62.4. The second kappa shape index (κ2) is 42.2. The molecule has 13 heteroatoms. The van der Waals surface area contributed by atoms with Crippen molar-refractivity contribution in [3.8, 4) is 0 Å². The first-order chi connectivity index (χ1) is 31.4. The van der Waals surface area contributed by atoms with Crippen LogP contribution in [-0.4, -0.2) is 96.8 Å². The van der Waals surface area contributed by atoms with E-state index in [1.165, 1.54) is 193 Å². The van der Waals surface area contributed by atoms with Crippen LogP contribution in [0.3, 0.4) is 0 Å². The summed E-state index contributed by atoms with van der Waals surface area (Å²) < 4.78 is 23.1. The highest BCUT2D eigenvalue weighted by Crippen LogP contribution is 2.47. The molecule has 1 aliphatic carbocycles. The van der Waals surface area contributed by atoms with E-state index in [2.05, 4.69) is 19.2 Å². The number of hydrogen-bond acceptors (Lipinski definition) is 10. The molecule has 1 amide bonds. The summed E-state index contributed by atoms with van der Waals surface area (Å²) in [5, 5.41) is 64.3. The smallest absolute Gasteiger partial charge is 0.391 e. The van der Waals surface area contributed by atoms with Crippen LogP contribution < -0.4 is 5.32 Å². The van der Waals surface area contributed by atoms with Gasteiger partial charge in [0.2, 0.25) is 5.91 Å². The molecule has 0 spiro atoms. The third-order valence-corrected chi connectivity index (χ3v) is 14.7. The minimum Gasteiger partial charge on any atom is -0.391 e. The SMILES string of the molecule is CCCCCCCCCCCCCCCCCCCCCCCCCCC(=O)N[C@@H](COP(=O)(O)OC1C(O)C(O)C(O)[C@@H](O)C1O)[C@H](O)CCCCCCCCCCCCCCCC. The molecular weight excluding hydrogens is 846 g/mol. The topological polar surface area (TPSA) is 206 Å². The summed E-state index contributed by atoms with van der Waals surface area (Å²) in [4.78, 5) is 23.5. The minimum atomic E-state index is -5.05. The molecule has 0 aromatic heterocycles. The van der Waals surface area contributed by atoms with E-state index in [9.17, 15) is 44.9 Å². The fourth-order valence-electron chi connectivity index (χ4n) is 9.21. The van der Waals surface area contributed by atoms with E-state index >= 15 is 0 Å². The Morgan fingerprint density at radius 2 is 0.738 bits per heavy atom. The Kier molecular flexibility index (Phi) is 40.5. The second-order valence-electron chi connectivity index (χ2n) is 19.8. The van der Waals surface area contributed by atoms with Gasteiger partial charge in [0.15, 0.2) is 0 Å². The van der Waals surface area contributed by atoms with E-state index in [0.29, 0.717) is 19.3 Å². The van der Waals surface area contributed by atoms with E-state index in [4.69, 9.17) is 9.05 Å². The number of aliphatic hydroxyl groups is 6. The molecule has 0 aromatic carbocycles. The molecule has 1 saturated carbocycles. The van der Waals surface area contributed by atoms with Crippen LogP contribution in [0.2, 0.25) is 0 Å². The average Bonchev–Trinajstić information content (AvgIpc) is 3.29. The first-order valence-corrected chi connectivity index (χ1v) is 29.0. The number of aliphatic hydroxyl groups excluding tert-OH is 6. The Hall–Kier alpha value is -0.660. The molecule has 0 aliphatic heterocycles. The van der Waals surface area contributed by atoms with Gasteiger partial charge >= 0.3 is 7.82 Å². The summed E-state index contributed by atoms with van der Waals surface area (Å²) in [6.45, 7) is 3.93. The highest BCUT2D eigenvalue weighted by atomic mass is 31.2. The minimum absolute atomic E-state index is 0.243. The lowest BCUT2D eigenvalue weighted by Gasteiger charge is -2.41. The molecule has 0 heterocycles. The predicted molar refractivity (Wildman–Crippen MR) is 265 cm³/mol. The van der Waals surface area contributed by atoms with Crippen LogP contribution in [0.1, 0.15) is 271 Å². The molecular formula is C52H104NO11P. The van der Waals surface area contributed by atoms with Crippen molar-refractivity contribution in [3.63, 3.8) is 0 Å². The van der Waals surface area contributed by atoms with E-state index in [1.807, 2.05) is 0 Å². The van der Waals surface area contributed by atoms with Crippen LogP contribution in [0, 0.1) is 0 Å². The van der Waals surface area contributed by atoms with Gasteiger partial charge in [-0.05, 0) is 12.8 Å². The van der Waals surface area contributed by atoms with Gasteiger partial charge in [0.25, 0.3) is 0 Å². The number of hydrogen-bond donors (Lipinski definition) is 8. The van der Waals surface area contributed by atoms with Gasteiger partial charge < -0.3 is 40.8 Å². The van der Waals surface area contributed by atoms with Crippen LogP contribution >= 0.6 is 7.82 Å². The van der Waals surface area contributed by atoms with E-state index in [1.54, 1.807) is 0 Å². The lowest BCUT2D eigenvalue weighted by atomic mass is 9.85. The maximum atomic E-state index is 13.0. The predicted octanol–water partition coefficient (Wildman–Crippen LogP) is 11.8. The van der Waals surface area contributed by atoms with Crippen molar-refractivity contribution in [2.75, 3.05) is 6.61 Å². The molecule has 12 nitrogen and oxygen atoms in total. The molecule has 0 radical (unpaired) electrons. The maximum Gasteiger partial charge on any atom is 0.472 e. The standard InChI is InChI=1S/C52H104NO11P/c1-3-5-7-9-11-13-15-17-19-20-21-22-23-24-25-26-27-28-30-32-34-36-38-40-42-46(55)53-44(43-63-65(61,62)64-52-50(59)48(57)47(56)49(58)51(52)60)45(54)41-39-37-35-33-31-29-18-16-14-12-10-8-6-4-2/h44-45,47-52,54,56-60H,3-43H2,1-2H3,(H,53,55)(H,61,62)/t44-,45+,47?,48+,49?,50?,51?,52?/m0/s1. The summed E-state index contributed by atoms with van der Waals surface area (Å²) in [6.07, 6.45) is 35.7. The summed E-state index contributed by atoms with van der Waals surface area (Å²) in [6, 6.07) is -1.03. The van der Waals surface area contributed by atoms with Crippen molar-refractivity contribution in [3.05, 3.63) is 0 Å². The van der Waals surface area contributed by atoms with Crippen molar-refractivity contribution in [2.45, 2.75) is 319 Å². The molecule has 65 heavy (non-hydrogen) atoms. The quantitative estimate of drug-likeness (QED) is 0.0213. The van der Waals surface area contributed by atoms with Gasteiger partial charge in [-0.25, -0.2) is 4.57 Å². The fraction of sp³-hybridized carbons (Fsp3) is 0.981. The van der Waals surface area contributed by atoms with Crippen LogP contribution in [0.15, 0.2) is 0 Å². The van der Waals surface area contributed by atoms with E-state index < -0.39 is 63.2 Å². The molecule has 1 rings (SSSR count). The number of nitrogens with one attached hydrogen (secondary N) is 1. The zero-order valence-electron chi connectivity index (χ0n) is 41.8. The van der Waals surface area contributed by atoms with Gasteiger partial charge in [-0.1, -0.05) is 251 Å². The fourth-order valence-corrected chi connectivity index (χ4v) is 10.2. The highest BCUT2D eigenvalue weighted by molar-refractivity contribution is 7.47. The van der Waals surface area contributed by atoms with Gasteiger partial charge in [-0.2, -0.15) is 0 Å². The molecule has 0 saturated heterocycles. The monoisotopic (exact) mass is 950 g/mol. The third kappa shape index (κ3) is 33.5. The van der Waals surface area contributed by atoms with Crippen molar-refractivity contribution in [1.82, 2.24) is 5.32 Å². The zero-order chi connectivity index (χ0) is 47.8. The van der Waals surface area contributed by atoms with E-state index in [-0.39, 0.29) is 12.3 Å². The normalized spacial score (nSPS) is 21.9. The highest BCUT2D eigenvalue weighted by Gasteiger charge is 2.51. The molecule has 0 aromatic rings. The Labute approximate surface area is 397 Å². The Balaban J connectivity index is 2.31. The zero-order valence-corrected chi connectivity index (χ0v) is 42.7. The van der Waals surface area contributed by atoms with Crippen LogP contribution in [-0.2, 0) is 18.4 Å². The number of carbonyl (C=O) groups is 1. The first-order valence-electron chi connectivity index (χ1n) is 27.5. The van der Waals surface area contributed by atoms with Gasteiger partial charge in [0, 0.05) is 6.42 Å². The van der Waals surface area contributed by atoms with Crippen LogP contribution in [0.5, 0.6) is 0 Å². The van der Waals surface area contributed by atoms with Gasteiger partial charge in [-0.3, -0.25) is 13.8 Å². The molecule has 388 valence electrons. The van der Waals surface area contributed by atoms with Gasteiger partial charge in [0.1, 0.15) is 36.6 Å². The number of rotatable bonds is 47. The van der Waals surface area contributed by atoms with Gasteiger partial charge in [0.05, 0.1) is 18.8 Å². The number of phosphoric acid groups is 1. The van der Waals surface area contributed by atoms with Crippen molar-refractivity contribution in [2.24, 2.45) is 0 Å². The Bertz CT molecular complexity index is 1100. The Morgan fingerprint density at radius 1 is 0.462 bits per heavy atom. The van der Waals surface area contributed by atoms with Crippen LogP contribution in [0.25, 0.3) is 0 Å². The molecule has 9 atom stereocenters. The maximum absolute atomic E-state index is 13.0. The number of unbranched alkanes of at least 4 members (excludes halogenated alkanes) is 36. The summed E-state index contributed by atoms with van der Waals surface area (Å²) >= 11 is 0. The van der Waals surface area contributed by atoms with Gasteiger partial charge in [-0.15, -0.1) is 0 Å².